The summed E-state index contributed by atoms with van der Waals surface area (Å²) in [4.78, 5) is 26.3. The Kier molecular flexibility index (Phi) is 4.17. The highest BCUT2D eigenvalue weighted by atomic mass is 19.1. The Bertz CT molecular complexity index is 684. The van der Waals surface area contributed by atoms with Crippen LogP contribution in [0, 0.1) is 5.82 Å². The lowest BCUT2D eigenvalue weighted by Crippen LogP contribution is -2.29. The minimum atomic E-state index is -1.24. The van der Waals surface area contributed by atoms with Crippen molar-refractivity contribution in [3.63, 3.8) is 0 Å². The largest absolute Gasteiger partial charge is 0.478 e. The summed E-state index contributed by atoms with van der Waals surface area (Å²) in [5, 5.41) is 13.5. The Labute approximate surface area is 119 Å². The number of benzene rings is 1. The van der Waals surface area contributed by atoms with Crippen molar-refractivity contribution in [1.82, 2.24) is 14.9 Å². The Morgan fingerprint density at radius 3 is 2.76 bits per heavy atom. The number of carbonyl (C=O) groups excluding carboxylic acids is 1. The van der Waals surface area contributed by atoms with Crippen molar-refractivity contribution in [3.05, 3.63) is 47.8 Å². The lowest BCUT2D eigenvalue weighted by atomic mass is 10.2. The number of urea groups is 1. The maximum absolute atomic E-state index is 13.6. The van der Waals surface area contributed by atoms with E-state index in [1.54, 1.807) is 24.0 Å². The highest BCUT2D eigenvalue weighted by Gasteiger charge is 2.11. The van der Waals surface area contributed by atoms with Crippen molar-refractivity contribution in [2.75, 3.05) is 5.32 Å². The predicted octanol–water partition coefficient (Wildman–Crippen LogP) is 1.58. The van der Waals surface area contributed by atoms with Crippen LogP contribution in [0.5, 0.6) is 0 Å². The molecular formula is C13H13FN4O3. The molecule has 110 valence electrons. The SMILES string of the molecule is Cn1ccnc1CNC(=O)Nc1ccc(C(=O)O)cc1F. The molecule has 0 unspecified atom stereocenters. The van der Waals surface area contributed by atoms with E-state index in [4.69, 9.17) is 5.11 Å². The van der Waals surface area contributed by atoms with E-state index in [1.807, 2.05) is 0 Å². The molecule has 0 spiro atoms. The minimum Gasteiger partial charge on any atom is -0.478 e. The highest BCUT2D eigenvalue weighted by molar-refractivity contribution is 5.91. The third-order valence-corrected chi connectivity index (χ3v) is 2.79. The van der Waals surface area contributed by atoms with Gasteiger partial charge in [0.05, 0.1) is 17.8 Å². The summed E-state index contributed by atoms with van der Waals surface area (Å²) in [6.07, 6.45) is 3.33. The van der Waals surface area contributed by atoms with Gasteiger partial charge in [-0.3, -0.25) is 0 Å². The van der Waals surface area contributed by atoms with Gasteiger partial charge < -0.3 is 20.3 Å². The molecule has 2 aromatic rings. The van der Waals surface area contributed by atoms with Crippen LogP contribution in [0.3, 0.4) is 0 Å². The molecule has 0 saturated carbocycles. The van der Waals surface area contributed by atoms with Gasteiger partial charge in [0.2, 0.25) is 0 Å². The summed E-state index contributed by atoms with van der Waals surface area (Å²) in [7, 11) is 1.78. The van der Waals surface area contributed by atoms with Crippen LogP contribution in [-0.4, -0.2) is 26.7 Å². The van der Waals surface area contributed by atoms with E-state index in [0.717, 1.165) is 6.07 Å². The quantitative estimate of drug-likeness (QED) is 0.797. The number of anilines is 1. The van der Waals surface area contributed by atoms with Crippen molar-refractivity contribution in [3.8, 4) is 0 Å². The van der Waals surface area contributed by atoms with Crippen molar-refractivity contribution < 1.29 is 19.1 Å². The minimum absolute atomic E-state index is 0.0997. The van der Waals surface area contributed by atoms with Gasteiger partial charge >= 0.3 is 12.0 Å². The number of carbonyl (C=O) groups is 2. The molecule has 0 atom stereocenters. The fraction of sp³-hybridized carbons (Fsp3) is 0.154. The lowest BCUT2D eigenvalue weighted by Gasteiger charge is -2.09. The maximum atomic E-state index is 13.6. The van der Waals surface area contributed by atoms with Crippen LogP contribution in [0.1, 0.15) is 16.2 Å². The van der Waals surface area contributed by atoms with Crippen LogP contribution in [0.15, 0.2) is 30.6 Å². The summed E-state index contributed by atoms with van der Waals surface area (Å²) < 4.78 is 15.4. The van der Waals surface area contributed by atoms with Gasteiger partial charge in [-0.05, 0) is 18.2 Å². The number of imidazole rings is 1. The molecule has 21 heavy (non-hydrogen) atoms. The van der Waals surface area contributed by atoms with Crippen LogP contribution in [0.2, 0.25) is 0 Å². The normalized spacial score (nSPS) is 10.2. The zero-order valence-corrected chi connectivity index (χ0v) is 11.1. The number of carboxylic acids is 1. The van der Waals surface area contributed by atoms with Gasteiger partial charge in [-0.15, -0.1) is 0 Å². The number of carboxylic acid groups (broad SMARTS) is 1. The fourth-order valence-electron chi connectivity index (χ4n) is 1.64. The van der Waals surface area contributed by atoms with E-state index in [2.05, 4.69) is 15.6 Å². The van der Waals surface area contributed by atoms with Gasteiger partial charge in [-0.25, -0.2) is 19.0 Å². The zero-order chi connectivity index (χ0) is 15.4. The van der Waals surface area contributed by atoms with E-state index >= 15 is 0 Å². The van der Waals surface area contributed by atoms with Crippen LogP contribution >= 0.6 is 0 Å². The molecule has 2 rings (SSSR count). The number of halogens is 1. The molecule has 0 saturated heterocycles. The Morgan fingerprint density at radius 2 is 2.19 bits per heavy atom. The van der Waals surface area contributed by atoms with Gasteiger partial charge in [-0.1, -0.05) is 0 Å². The molecule has 0 radical (unpaired) electrons. The maximum Gasteiger partial charge on any atom is 0.335 e. The Balaban J connectivity index is 1.96. The molecule has 0 fully saturated rings. The predicted molar refractivity (Wildman–Crippen MR) is 72.4 cm³/mol. The first kappa shape index (κ1) is 14.5. The van der Waals surface area contributed by atoms with E-state index in [1.165, 1.54) is 12.1 Å². The molecule has 7 nitrogen and oxygen atoms in total. The first-order valence-corrected chi connectivity index (χ1v) is 6.01. The van der Waals surface area contributed by atoms with Crippen LogP contribution in [0.4, 0.5) is 14.9 Å². The van der Waals surface area contributed by atoms with Gasteiger partial charge in [0.25, 0.3) is 0 Å². The second kappa shape index (κ2) is 6.04. The van der Waals surface area contributed by atoms with Crippen LogP contribution in [-0.2, 0) is 13.6 Å². The molecule has 0 aliphatic rings. The van der Waals surface area contributed by atoms with Crippen molar-refractivity contribution in [2.45, 2.75) is 6.54 Å². The number of nitrogens with one attached hydrogen (secondary N) is 2. The van der Waals surface area contributed by atoms with E-state index < -0.39 is 17.8 Å². The number of aromatic carboxylic acids is 1. The van der Waals surface area contributed by atoms with Gasteiger partial charge in [-0.2, -0.15) is 0 Å². The van der Waals surface area contributed by atoms with Crippen LogP contribution < -0.4 is 10.6 Å². The molecule has 3 N–H and O–H groups in total. The second-order valence-corrected chi connectivity index (χ2v) is 4.26. The fourth-order valence-corrected chi connectivity index (χ4v) is 1.64. The highest BCUT2D eigenvalue weighted by Crippen LogP contribution is 2.15. The van der Waals surface area contributed by atoms with Crippen LogP contribution in [0.25, 0.3) is 0 Å². The molecule has 2 amide bonds. The molecular weight excluding hydrogens is 279 g/mol. The van der Waals surface area contributed by atoms with E-state index in [0.29, 0.717) is 5.82 Å². The summed E-state index contributed by atoms with van der Waals surface area (Å²) in [6.45, 7) is 0.185. The van der Waals surface area contributed by atoms with Crippen molar-refractivity contribution >= 4 is 17.7 Å². The summed E-state index contributed by atoms with van der Waals surface area (Å²) >= 11 is 0. The average molecular weight is 292 g/mol. The molecule has 1 heterocycles. The van der Waals surface area contributed by atoms with Crippen molar-refractivity contribution in [1.29, 1.82) is 0 Å². The third kappa shape index (κ3) is 3.56. The number of rotatable bonds is 4. The van der Waals surface area contributed by atoms with E-state index in [9.17, 15) is 14.0 Å². The smallest absolute Gasteiger partial charge is 0.335 e. The molecule has 1 aromatic heterocycles. The number of aryl methyl sites for hydroxylation is 1. The third-order valence-electron chi connectivity index (χ3n) is 2.79. The Hall–Kier alpha value is -2.90. The monoisotopic (exact) mass is 292 g/mol. The standard InChI is InChI=1S/C13H13FN4O3/c1-18-5-4-15-11(18)7-16-13(21)17-10-3-2-8(12(19)20)6-9(10)14/h2-6H,7H2,1H3,(H,19,20)(H2,16,17,21). The lowest BCUT2D eigenvalue weighted by molar-refractivity contribution is 0.0696. The summed E-state index contributed by atoms with van der Waals surface area (Å²) in [6, 6.07) is 2.63. The number of nitrogens with zero attached hydrogens (tertiary/aromatic N) is 2. The summed E-state index contributed by atoms with van der Waals surface area (Å²) in [5.41, 5.74) is -0.288. The number of hydrogen-bond donors (Lipinski definition) is 3. The Morgan fingerprint density at radius 1 is 1.43 bits per heavy atom. The molecule has 0 bridgehead atoms. The first-order chi connectivity index (χ1) is 9.97. The first-order valence-electron chi connectivity index (χ1n) is 6.01. The van der Waals surface area contributed by atoms with E-state index in [-0.39, 0.29) is 17.8 Å². The molecule has 0 aliphatic carbocycles. The number of amides is 2. The average Bonchev–Trinajstić information content (AvgIpc) is 2.84. The molecule has 1 aromatic carbocycles. The van der Waals surface area contributed by atoms with Gasteiger partial charge in [0.15, 0.2) is 0 Å². The second-order valence-electron chi connectivity index (χ2n) is 4.26. The van der Waals surface area contributed by atoms with Gasteiger partial charge in [0, 0.05) is 19.4 Å². The number of hydrogen-bond acceptors (Lipinski definition) is 3. The number of aromatic nitrogens is 2. The van der Waals surface area contributed by atoms with Crippen molar-refractivity contribution in [2.24, 2.45) is 7.05 Å². The topological polar surface area (TPSA) is 96.3 Å². The summed E-state index contributed by atoms with van der Waals surface area (Å²) in [5.74, 6) is -1.41. The molecule has 0 aliphatic heterocycles. The zero-order valence-electron chi connectivity index (χ0n) is 11.1. The molecule has 8 heteroatoms. The van der Waals surface area contributed by atoms with Gasteiger partial charge in [0.1, 0.15) is 11.6 Å².